The van der Waals surface area contributed by atoms with Gasteiger partial charge in [-0.05, 0) is 74.1 Å². The van der Waals surface area contributed by atoms with Crippen LogP contribution in [0.15, 0.2) is 97.1 Å². The van der Waals surface area contributed by atoms with Crippen molar-refractivity contribution in [1.82, 2.24) is 4.98 Å². The van der Waals surface area contributed by atoms with Crippen LogP contribution in [-0.4, -0.2) is 37.4 Å². The predicted molar refractivity (Wildman–Crippen MR) is 163 cm³/mol. The number of benzene rings is 3. The molecule has 0 radical (unpaired) electrons. The molecule has 6 heteroatoms. The largest absolute Gasteiger partial charge is 0.490 e. The fourth-order valence-electron chi connectivity index (χ4n) is 4.24. The van der Waals surface area contributed by atoms with Crippen LogP contribution in [0.1, 0.15) is 38.7 Å². The first-order valence-corrected chi connectivity index (χ1v) is 14.2. The normalized spacial score (nSPS) is 10.9. The molecule has 41 heavy (non-hydrogen) atoms. The summed E-state index contributed by atoms with van der Waals surface area (Å²) in [4.78, 5) is 16.4. The van der Waals surface area contributed by atoms with Crippen molar-refractivity contribution in [1.29, 1.82) is 0 Å². The van der Waals surface area contributed by atoms with Crippen LogP contribution in [-0.2, 0) is 9.53 Å². The molecule has 0 bridgehead atoms. The van der Waals surface area contributed by atoms with Crippen LogP contribution in [0, 0.1) is 0 Å². The molecule has 0 aliphatic heterocycles. The maximum atomic E-state index is 11.6. The average Bonchev–Trinajstić information content (AvgIpc) is 3.01. The molecule has 6 nitrogen and oxygen atoms in total. The fraction of sp³-hybridized carbons (Fsp3) is 0.257. The lowest BCUT2D eigenvalue weighted by Crippen LogP contribution is -2.04. The second kappa shape index (κ2) is 15.9. The minimum absolute atomic E-state index is 0.347. The van der Waals surface area contributed by atoms with Crippen molar-refractivity contribution in [3.8, 4) is 39.8 Å². The first kappa shape index (κ1) is 29.4. The van der Waals surface area contributed by atoms with Gasteiger partial charge in [0.15, 0.2) is 11.5 Å². The van der Waals surface area contributed by atoms with Gasteiger partial charge in [-0.3, -0.25) is 0 Å². The molecule has 0 N–H and O–H groups in total. The quantitative estimate of drug-likeness (QED) is 0.0847. The van der Waals surface area contributed by atoms with Crippen LogP contribution in [0.5, 0.6) is 17.4 Å². The number of hydrogen-bond acceptors (Lipinski definition) is 6. The van der Waals surface area contributed by atoms with Gasteiger partial charge in [0.2, 0.25) is 5.88 Å². The third-order valence-electron chi connectivity index (χ3n) is 6.24. The number of pyridine rings is 1. The van der Waals surface area contributed by atoms with Crippen molar-refractivity contribution >= 4 is 12.0 Å². The van der Waals surface area contributed by atoms with Gasteiger partial charge in [0, 0.05) is 17.7 Å². The third-order valence-corrected chi connectivity index (χ3v) is 6.24. The molecule has 4 rings (SSSR count). The number of esters is 1. The average molecular weight is 552 g/mol. The number of carbonyl (C=O) groups excluding carboxylic acids is 1. The molecular weight excluding hydrogens is 514 g/mol. The Morgan fingerprint density at radius 3 is 2.10 bits per heavy atom. The molecule has 1 aromatic heterocycles. The van der Waals surface area contributed by atoms with E-state index in [0.29, 0.717) is 43.8 Å². The topological polar surface area (TPSA) is 66.9 Å². The molecular formula is C35H37NO5. The van der Waals surface area contributed by atoms with Crippen LogP contribution < -0.4 is 14.2 Å². The van der Waals surface area contributed by atoms with Gasteiger partial charge in [0.1, 0.15) is 0 Å². The number of hydrogen-bond donors (Lipinski definition) is 0. The first-order chi connectivity index (χ1) is 20.2. The lowest BCUT2D eigenvalue weighted by molar-refractivity contribution is -0.137. The lowest BCUT2D eigenvalue weighted by atomic mass is 10.0. The van der Waals surface area contributed by atoms with Crippen LogP contribution in [0.4, 0.5) is 0 Å². The van der Waals surface area contributed by atoms with Crippen molar-refractivity contribution in [2.24, 2.45) is 0 Å². The third kappa shape index (κ3) is 9.24. The van der Waals surface area contributed by atoms with Gasteiger partial charge in [0.25, 0.3) is 0 Å². The molecule has 4 aromatic rings. The minimum Gasteiger partial charge on any atom is -0.490 e. The Labute approximate surface area is 242 Å². The summed E-state index contributed by atoms with van der Waals surface area (Å²) in [6.45, 7) is 5.72. The lowest BCUT2D eigenvalue weighted by Gasteiger charge is -2.13. The van der Waals surface area contributed by atoms with Crippen molar-refractivity contribution < 1.29 is 23.7 Å². The maximum absolute atomic E-state index is 11.6. The summed E-state index contributed by atoms with van der Waals surface area (Å²) in [5.41, 5.74) is 5.00. The van der Waals surface area contributed by atoms with E-state index >= 15 is 0 Å². The van der Waals surface area contributed by atoms with Crippen LogP contribution >= 0.6 is 0 Å². The van der Waals surface area contributed by atoms with Crippen molar-refractivity contribution in [2.75, 3.05) is 26.4 Å². The van der Waals surface area contributed by atoms with Crippen LogP contribution in [0.2, 0.25) is 0 Å². The van der Waals surface area contributed by atoms with Crippen LogP contribution in [0.25, 0.3) is 28.5 Å². The summed E-state index contributed by atoms with van der Waals surface area (Å²) >= 11 is 0. The zero-order valence-electron chi connectivity index (χ0n) is 23.8. The Morgan fingerprint density at radius 1 is 0.683 bits per heavy atom. The molecule has 0 unspecified atom stereocenters. The second-order valence-electron chi connectivity index (χ2n) is 9.29. The van der Waals surface area contributed by atoms with Gasteiger partial charge in [0.05, 0.1) is 32.1 Å². The number of carbonyl (C=O) groups is 1. The molecule has 0 amide bonds. The summed E-state index contributed by atoms with van der Waals surface area (Å²) in [6, 6.07) is 30.2. The van der Waals surface area contributed by atoms with Gasteiger partial charge in [-0.2, -0.15) is 0 Å². The first-order valence-electron chi connectivity index (χ1n) is 14.2. The number of unbranched alkanes of at least 4 members (excludes halogenated alkanes) is 2. The zero-order valence-corrected chi connectivity index (χ0v) is 23.8. The molecule has 1 heterocycles. The summed E-state index contributed by atoms with van der Waals surface area (Å²) in [6.07, 6.45) is 5.84. The van der Waals surface area contributed by atoms with E-state index in [-0.39, 0.29) is 5.97 Å². The Hall–Kier alpha value is -4.58. The monoisotopic (exact) mass is 551 g/mol. The number of rotatable bonds is 15. The van der Waals surface area contributed by atoms with Gasteiger partial charge in [-0.1, -0.05) is 66.7 Å². The zero-order chi connectivity index (χ0) is 28.7. The highest BCUT2D eigenvalue weighted by Gasteiger charge is 2.09. The van der Waals surface area contributed by atoms with Gasteiger partial charge in [-0.15, -0.1) is 0 Å². The Balaban J connectivity index is 1.28. The van der Waals surface area contributed by atoms with E-state index in [2.05, 4.69) is 30.3 Å². The molecule has 0 spiro atoms. The van der Waals surface area contributed by atoms with E-state index < -0.39 is 0 Å². The summed E-state index contributed by atoms with van der Waals surface area (Å²) < 4.78 is 22.8. The van der Waals surface area contributed by atoms with Gasteiger partial charge in [-0.25, -0.2) is 9.78 Å². The molecule has 0 saturated heterocycles. The standard InChI is InChI=1S/C35H37NO5/c1-3-38-33-24-27(19-21-35(37)39-4-2)18-20-32(33)40-22-12-7-13-23-41-34-26-30(28-14-8-5-9-15-28)25-31(36-34)29-16-10-6-11-17-29/h5-6,8-11,14-21,24-26H,3-4,7,12-13,22-23H2,1-2H3/b21-19+. The smallest absolute Gasteiger partial charge is 0.330 e. The highest BCUT2D eigenvalue weighted by molar-refractivity contribution is 5.87. The van der Waals surface area contributed by atoms with Crippen molar-refractivity contribution in [3.63, 3.8) is 0 Å². The molecule has 212 valence electrons. The molecule has 0 aliphatic rings. The Kier molecular flexibility index (Phi) is 11.4. The van der Waals surface area contributed by atoms with Gasteiger partial charge >= 0.3 is 5.97 Å². The second-order valence-corrected chi connectivity index (χ2v) is 9.29. The van der Waals surface area contributed by atoms with E-state index in [4.69, 9.17) is 23.9 Å². The van der Waals surface area contributed by atoms with Crippen molar-refractivity contribution in [2.45, 2.75) is 33.1 Å². The van der Waals surface area contributed by atoms with Crippen molar-refractivity contribution in [3.05, 3.63) is 103 Å². The SMILES string of the molecule is CCOC(=O)/C=C/c1ccc(OCCCCCOc2cc(-c3ccccc3)cc(-c3ccccc3)n2)c(OCC)c1. The predicted octanol–water partition coefficient (Wildman–Crippen LogP) is 8.02. The summed E-state index contributed by atoms with van der Waals surface area (Å²) in [7, 11) is 0. The summed E-state index contributed by atoms with van der Waals surface area (Å²) in [5.74, 6) is 1.60. The van der Waals surface area contributed by atoms with Gasteiger partial charge < -0.3 is 18.9 Å². The Morgan fingerprint density at radius 2 is 1.39 bits per heavy atom. The molecule has 0 fully saturated rings. The van der Waals surface area contributed by atoms with E-state index in [1.54, 1.807) is 13.0 Å². The van der Waals surface area contributed by atoms with E-state index in [1.165, 1.54) is 6.08 Å². The molecule has 3 aromatic carbocycles. The highest BCUT2D eigenvalue weighted by atomic mass is 16.5. The highest BCUT2D eigenvalue weighted by Crippen LogP contribution is 2.30. The minimum atomic E-state index is -0.369. The van der Waals surface area contributed by atoms with Crippen LogP contribution in [0.3, 0.4) is 0 Å². The number of ether oxygens (including phenoxy) is 4. The maximum Gasteiger partial charge on any atom is 0.330 e. The number of nitrogens with zero attached hydrogens (tertiary/aromatic N) is 1. The molecule has 0 aliphatic carbocycles. The summed E-state index contributed by atoms with van der Waals surface area (Å²) in [5, 5.41) is 0. The van der Waals surface area contributed by atoms with E-state index in [9.17, 15) is 4.79 Å². The number of aromatic nitrogens is 1. The molecule has 0 atom stereocenters. The molecule has 0 saturated carbocycles. The van der Waals surface area contributed by atoms with E-state index in [0.717, 1.165) is 47.2 Å². The van der Waals surface area contributed by atoms with E-state index in [1.807, 2.05) is 67.6 Å². The fourth-order valence-corrected chi connectivity index (χ4v) is 4.24. The Bertz CT molecular complexity index is 1350.